The Kier molecular flexibility index (Phi) is 17.3. The number of aromatic hydroxyl groups is 3. The van der Waals surface area contributed by atoms with E-state index in [1.807, 2.05) is 59.7 Å². The minimum absolute atomic E-state index is 0.167. The van der Waals surface area contributed by atoms with Gasteiger partial charge in [-0.15, -0.1) is 0 Å². The summed E-state index contributed by atoms with van der Waals surface area (Å²) < 4.78 is 0. The molecular weight excluding hydrogens is 1320 g/mol. The topological polar surface area (TPSA) is 138 Å². The zero-order chi connectivity index (χ0) is 75.4. The summed E-state index contributed by atoms with van der Waals surface area (Å²) in [6, 6.07) is 61.4. The lowest BCUT2D eigenvalue weighted by molar-refractivity contribution is 0.474. The number of nitrogens with zero attached hydrogens (tertiary/aromatic N) is 6. The highest BCUT2D eigenvalue weighted by atomic mass is 16.3. The SMILES string of the molecule is Cc1cc(C)c(-c2ccc3ccc4cc(C#Cc5cc(C#Cc6cc7ccc8ccc(-c9c(C)cc(C)cc9C)nc8c7nc6-c6c(C)cc(O)cc6C)cc(C#Cc6cc7ccc8ccc(-c9c(C)cc(C)cc9C)nc8c7nc6-c6c(C)cc(O)cc6C)c5)c(-c5c(C)cc(O)cc5C)nc4c3n2)c(C)c1. The minimum Gasteiger partial charge on any atom is -0.508 e. The quantitative estimate of drug-likeness (QED) is 0.110. The summed E-state index contributed by atoms with van der Waals surface area (Å²) in [5, 5.41) is 38.5. The molecule has 16 aromatic rings. The van der Waals surface area contributed by atoms with E-state index in [1.165, 1.54) is 16.7 Å². The number of rotatable bonds is 6. The van der Waals surface area contributed by atoms with Gasteiger partial charge in [0, 0.05) is 82.4 Å². The molecule has 0 fully saturated rings. The molecule has 0 aliphatic heterocycles. The van der Waals surface area contributed by atoms with Crippen LogP contribution in [0.25, 0.3) is 133 Å². The minimum atomic E-state index is 0.167. The van der Waals surface area contributed by atoms with Gasteiger partial charge in [0.1, 0.15) is 17.2 Å². The molecule has 3 N–H and O–H groups in total. The number of phenolic OH excluding ortho intramolecular Hbond substituents is 3. The number of hydrogen-bond acceptors (Lipinski definition) is 9. The Morgan fingerprint density at radius 2 is 0.407 bits per heavy atom. The van der Waals surface area contributed by atoms with E-state index in [-0.39, 0.29) is 17.2 Å². The first kappa shape index (κ1) is 69.1. The Bertz CT molecular complexity index is 6060. The van der Waals surface area contributed by atoms with Crippen LogP contribution >= 0.6 is 0 Å². The van der Waals surface area contributed by atoms with E-state index in [0.29, 0.717) is 50.5 Å². The zero-order valence-corrected chi connectivity index (χ0v) is 63.3. The second-order valence-electron chi connectivity index (χ2n) is 29.6. The molecule has 6 aromatic heterocycles. The van der Waals surface area contributed by atoms with Crippen molar-refractivity contribution in [2.45, 2.75) is 104 Å². The van der Waals surface area contributed by atoms with E-state index < -0.39 is 0 Å². The molecule has 9 nitrogen and oxygen atoms in total. The first-order valence-electron chi connectivity index (χ1n) is 36.5. The van der Waals surface area contributed by atoms with Gasteiger partial charge >= 0.3 is 0 Å². The second-order valence-corrected chi connectivity index (χ2v) is 29.6. The van der Waals surface area contributed by atoms with Crippen LogP contribution in [0.5, 0.6) is 17.2 Å². The van der Waals surface area contributed by atoms with Crippen LogP contribution in [0, 0.1) is 139 Å². The summed E-state index contributed by atoms with van der Waals surface area (Å²) in [6.45, 7) is 31.2. The molecule has 6 heterocycles. The number of phenols is 3. The lowest BCUT2D eigenvalue weighted by Crippen LogP contribution is -1.98. The monoisotopic (exact) mass is 1400 g/mol. The Labute approximate surface area is 629 Å². The van der Waals surface area contributed by atoms with Gasteiger partial charge in [0.15, 0.2) is 0 Å². The molecule has 0 saturated heterocycles. The van der Waals surface area contributed by atoms with Gasteiger partial charge in [-0.3, -0.25) is 0 Å². The van der Waals surface area contributed by atoms with Crippen LogP contribution in [-0.4, -0.2) is 45.2 Å². The molecule has 0 atom stereocenters. The summed E-state index contributed by atoms with van der Waals surface area (Å²) >= 11 is 0. The van der Waals surface area contributed by atoms with E-state index in [0.717, 1.165) is 183 Å². The van der Waals surface area contributed by atoms with E-state index in [9.17, 15) is 15.3 Å². The Balaban J connectivity index is 0.915. The first-order valence-corrected chi connectivity index (χ1v) is 36.5. The molecule has 522 valence electrons. The third-order valence-electron chi connectivity index (χ3n) is 21.0. The fraction of sp³-hybridized carbons (Fsp3) is 0.152. The molecular formula is C99H78N6O3. The van der Waals surface area contributed by atoms with Crippen molar-refractivity contribution >= 4 is 65.4 Å². The van der Waals surface area contributed by atoms with Crippen LogP contribution in [0.1, 0.15) is 117 Å². The highest BCUT2D eigenvalue weighted by Gasteiger charge is 2.23. The van der Waals surface area contributed by atoms with Gasteiger partial charge in [0.25, 0.3) is 0 Å². The summed E-state index contributed by atoms with van der Waals surface area (Å²) in [5.41, 5.74) is 34.7. The number of fused-ring (bicyclic) bond motifs is 9. The molecule has 0 saturated carbocycles. The average Bonchev–Trinajstić information content (AvgIpc) is 0.759. The Morgan fingerprint density at radius 1 is 0.204 bits per heavy atom. The van der Waals surface area contributed by atoms with E-state index in [1.54, 1.807) is 36.4 Å². The van der Waals surface area contributed by atoms with Gasteiger partial charge in [-0.2, -0.15) is 0 Å². The van der Waals surface area contributed by atoms with Crippen molar-refractivity contribution in [2.75, 3.05) is 0 Å². The smallest absolute Gasteiger partial charge is 0.116 e. The van der Waals surface area contributed by atoms with Crippen LogP contribution in [0.3, 0.4) is 0 Å². The third kappa shape index (κ3) is 12.7. The lowest BCUT2D eigenvalue weighted by atomic mass is 9.94. The van der Waals surface area contributed by atoms with Crippen LogP contribution in [0.2, 0.25) is 0 Å². The molecule has 0 unspecified atom stereocenters. The predicted molar refractivity (Wildman–Crippen MR) is 444 cm³/mol. The number of hydrogen-bond donors (Lipinski definition) is 3. The number of aromatic nitrogens is 6. The summed E-state index contributed by atoms with van der Waals surface area (Å²) in [7, 11) is 0. The van der Waals surface area contributed by atoms with Crippen molar-refractivity contribution in [3.05, 3.63) is 299 Å². The Morgan fingerprint density at radius 3 is 0.648 bits per heavy atom. The van der Waals surface area contributed by atoms with Crippen molar-refractivity contribution in [2.24, 2.45) is 0 Å². The maximum absolute atomic E-state index is 11.0. The zero-order valence-electron chi connectivity index (χ0n) is 63.3. The van der Waals surface area contributed by atoms with Crippen LogP contribution in [0.15, 0.2) is 182 Å². The molecule has 9 heteroatoms. The van der Waals surface area contributed by atoms with Crippen molar-refractivity contribution in [1.29, 1.82) is 0 Å². The molecule has 10 aromatic carbocycles. The highest BCUT2D eigenvalue weighted by Crippen LogP contribution is 2.42. The van der Waals surface area contributed by atoms with E-state index in [4.69, 9.17) is 29.9 Å². The average molecular weight is 1400 g/mol. The molecule has 0 aliphatic carbocycles. The summed E-state index contributed by atoms with van der Waals surface area (Å²) in [5.74, 6) is 22.3. The maximum atomic E-state index is 11.0. The van der Waals surface area contributed by atoms with Crippen molar-refractivity contribution in [3.8, 4) is 120 Å². The Hall–Kier alpha value is -13.3. The predicted octanol–water partition coefficient (Wildman–Crippen LogP) is 22.9. The molecule has 0 aliphatic rings. The normalized spacial score (nSPS) is 11.4. The molecule has 108 heavy (non-hydrogen) atoms. The van der Waals surface area contributed by atoms with Gasteiger partial charge in [-0.05, 0) is 262 Å². The fourth-order valence-corrected chi connectivity index (χ4v) is 16.7. The first-order chi connectivity index (χ1) is 51.8. The molecule has 16 rings (SSSR count). The van der Waals surface area contributed by atoms with Crippen LogP contribution in [0.4, 0.5) is 0 Å². The summed E-state index contributed by atoms with van der Waals surface area (Å²) in [4.78, 5) is 33.0. The van der Waals surface area contributed by atoms with Crippen LogP contribution < -0.4 is 0 Å². The largest absolute Gasteiger partial charge is 0.508 e. The number of aryl methyl sites for hydroxylation is 15. The summed E-state index contributed by atoms with van der Waals surface area (Å²) in [6.07, 6.45) is 0. The number of benzene rings is 10. The third-order valence-corrected chi connectivity index (χ3v) is 21.0. The maximum Gasteiger partial charge on any atom is 0.116 e. The standard InChI is InChI=1S/C99H78N6O3/c1-52-34-55(4)85(56(5)35-52)82-31-28-70-22-25-76-49-73(91(103-97(76)94(70)100-82)88-61(10)40-79(106)41-62(88)11)19-16-67-46-68(17-20-74-50-77-26-23-71-29-32-83(86-57(6)36-53(2)37-58(86)7)101-95(71)98(77)104-92(74)89-63(12)42-80(107)43-64(89)13)48-69(47-67)18-21-75-51-78-27-24-72-30-33-84(87-59(8)38-54(3)39-60(87)9)102-96(72)99(78)105-93(75)90-65(14)44-81(108)45-66(90)15/h22-51,106-108H,1-15H3. The molecule has 0 spiro atoms. The van der Waals surface area contributed by atoms with E-state index >= 15 is 0 Å². The highest BCUT2D eigenvalue weighted by molar-refractivity contribution is 6.08. The fourth-order valence-electron chi connectivity index (χ4n) is 16.7. The van der Waals surface area contributed by atoms with Gasteiger partial charge in [-0.1, -0.05) is 143 Å². The molecule has 0 amide bonds. The van der Waals surface area contributed by atoms with Gasteiger partial charge < -0.3 is 15.3 Å². The second kappa shape index (κ2) is 27.0. The van der Waals surface area contributed by atoms with Crippen molar-refractivity contribution < 1.29 is 15.3 Å². The van der Waals surface area contributed by atoms with Gasteiger partial charge in [-0.25, -0.2) is 29.9 Å². The van der Waals surface area contributed by atoms with Crippen molar-refractivity contribution in [1.82, 2.24) is 29.9 Å². The van der Waals surface area contributed by atoms with Gasteiger partial charge in [0.2, 0.25) is 0 Å². The molecule has 0 radical (unpaired) electrons. The molecule has 0 bridgehead atoms. The van der Waals surface area contributed by atoms with E-state index in [2.05, 4.69) is 225 Å². The lowest BCUT2D eigenvalue weighted by Gasteiger charge is -2.15. The van der Waals surface area contributed by atoms with Crippen LogP contribution in [-0.2, 0) is 0 Å². The van der Waals surface area contributed by atoms with Crippen molar-refractivity contribution in [3.63, 3.8) is 0 Å². The van der Waals surface area contributed by atoms with Gasteiger partial charge in [0.05, 0.1) is 84.0 Å². The number of pyridine rings is 6.